The van der Waals surface area contributed by atoms with E-state index in [1.165, 1.54) is 27.5 Å². The van der Waals surface area contributed by atoms with Crippen LogP contribution in [0.4, 0.5) is 11.6 Å². The third-order valence-corrected chi connectivity index (χ3v) is 13.6. The lowest BCUT2D eigenvalue weighted by molar-refractivity contribution is 0.183. The highest BCUT2D eigenvalue weighted by Crippen LogP contribution is 2.40. The van der Waals surface area contributed by atoms with E-state index >= 15 is 0 Å². The van der Waals surface area contributed by atoms with E-state index < -0.39 is 0 Å². The monoisotopic (exact) mass is 948 g/mol. The number of pyridine rings is 2. The van der Waals surface area contributed by atoms with Crippen molar-refractivity contribution >= 4 is 61.0 Å². The quantitative estimate of drug-likeness (QED) is 0.0825. The number of fused-ring (bicyclic) bond motifs is 2. The number of hydrazine groups is 1. The van der Waals surface area contributed by atoms with Gasteiger partial charge in [-0.05, 0) is 154 Å². The summed E-state index contributed by atoms with van der Waals surface area (Å²) in [6.07, 6.45) is 3.83. The lowest BCUT2D eigenvalue weighted by atomic mass is 10.00. The molecular weight excluding hydrogens is 888 g/mol. The molecule has 10 nitrogen and oxygen atoms in total. The van der Waals surface area contributed by atoms with Crippen molar-refractivity contribution in [3.05, 3.63) is 117 Å². The number of likely N-dealkylation sites (tertiary alicyclic amines) is 2. The summed E-state index contributed by atoms with van der Waals surface area (Å²) in [7, 11) is 0. The van der Waals surface area contributed by atoms with Crippen molar-refractivity contribution < 1.29 is 18.9 Å². The molecular formula is C52H62BrClN6O4. The summed E-state index contributed by atoms with van der Waals surface area (Å²) in [6.45, 7) is 20.0. The van der Waals surface area contributed by atoms with Crippen LogP contribution in [0.3, 0.4) is 0 Å². The standard InChI is InChI=1S/C52H62BrClN6O4/c1-7-61-45-29-37(30-46(51(45)53)62-8-2)33-57-23-19-39(20-24-57)59(49-27-35(5)41-15-11-13-17-43(41)55-49)60(50-28-36(6)42-16-12-14-18-44(42)56-50)40-21-25-58(26-22-40)34-38-31-47(63-9-3)52(54)48(32-38)64-10-4/h11-18,27-32,39-40H,7-10,19-26,33-34H2,1-6H3. The molecule has 0 spiro atoms. The Morgan fingerprint density at radius 3 is 1.31 bits per heavy atom. The molecule has 12 heteroatoms. The Hall–Kier alpha value is -4.81. The number of halogens is 2. The molecule has 2 fully saturated rings. The average Bonchev–Trinajstić information content (AvgIpc) is 3.29. The lowest BCUT2D eigenvalue weighted by Gasteiger charge is -2.49. The van der Waals surface area contributed by atoms with Crippen LogP contribution in [0.5, 0.6) is 23.0 Å². The molecule has 338 valence electrons. The molecule has 8 rings (SSSR count). The number of benzene rings is 4. The summed E-state index contributed by atoms with van der Waals surface area (Å²) in [6, 6.07) is 30.4. The van der Waals surface area contributed by atoms with Crippen molar-refractivity contribution in [3.8, 4) is 23.0 Å². The summed E-state index contributed by atoms with van der Waals surface area (Å²) < 4.78 is 24.8. The minimum Gasteiger partial charge on any atom is -0.493 e. The van der Waals surface area contributed by atoms with Crippen LogP contribution >= 0.6 is 27.5 Å². The van der Waals surface area contributed by atoms with Gasteiger partial charge in [0, 0.05) is 50.0 Å². The van der Waals surface area contributed by atoms with Gasteiger partial charge in [0.1, 0.15) is 44.1 Å². The van der Waals surface area contributed by atoms with E-state index in [9.17, 15) is 0 Å². The number of aryl methyl sites for hydroxylation is 2. The molecule has 0 radical (unpaired) electrons. The van der Waals surface area contributed by atoms with Crippen molar-refractivity contribution in [3.63, 3.8) is 0 Å². The predicted molar refractivity (Wildman–Crippen MR) is 265 cm³/mol. The number of aromatic nitrogens is 2. The smallest absolute Gasteiger partial charge is 0.148 e. The molecule has 0 aliphatic carbocycles. The topological polar surface area (TPSA) is 75.7 Å². The van der Waals surface area contributed by atoms with Crippen molar-refractivity contribution in [2.75, 3.05) is 62.6 Å². The molecule has 0 unspecified atom stereocenters. The highest BCUT2D eigenvalue weighted by atomic mass is 79.9. The second kappa shape index (κ2) is 21.0. The Morgan fingerprint density at radius 1 is 0.562 bits per heavy atom. The first-order valence-corrected chi connectivity index (χ1v) is 24.3. The molecule has 2 aliphatic heterocycles. The minimum atomic E-state index is 0.177. The number of anilines is 2. The van der Waals surface area contributed by atoms with Crippen LogP contribution in [0.15, 0.2) is 89.4 Å². The second-order valence-electron chi connectivity index (χ2n) is 16.9. The minimum absolute atomic E-state index is 0.177. The Bertz CT molecular complexity index is 2310. The van der Waals surface area contributed by atoms with Crippen molar-refractivity contribution in [1.29, 1.82) is 0 Å². The summed E-state index contributed by atoms with van der Waals surface area (Å²) in [5, 5.41) is 7.98. The highest BCUT2D eigenvalue weighted by molar-refractivity contribution is 9.10. The van der Waals surface area contributed by atoms with Gasteiger partial charge in [-0.15, -0.1) is 0 Å². The van der Waals surface area contributed by atoms with Crippen LogP contribution in [0, 0.1) is 13.8 Å². The van der Waals surface area contributed by atoms with Gasteiger partial charge < -0.3 is 18.9 Å². The average molecular weight is 950 g/mol. The molecule has 0 atom stereocenters. The van der Waals surface area contributed by atoms with Gasteiger partial charge in [0.2, 0.25) is 0 Å². The van der Waals surface area contributed by atoms with E-state index in [0.717, 1.165) is 109 Å². The maximum absolute atomic E-state index is 6.71. The molecule has 0 N–H and O–H groups in total. The SMILES string of the molecule is CCOc1cc(CN2CCC(N(c3cc(C)c4ccccc4n3)N(c3cc(C)c4ccccc4n3)C3CCN(Cc4cc(OCC)c(Br)c(OCC)c4)CC3)CC2)cc(OCC)c1Cl. The number of rotatable bonds is 17. The number of nitrogens with zero attached hydrogens (tertiary/aromatic N) is 6. The van der Waals surface area contributed by atoms with Crippen LogP contribution in [-0.4, -0.2) is 84.5 Å². The van der Waals surface area contributed by atoms with Crippen molar-refractivity contribution in [2.45, 2.75) is 92.4 Å². The summed E-state index contributed by atoms with van der Waals surface area (Å²) >= 11 is 10.4. The van der Waals surface area contributed by atoms with Crippen LogP contribution in [0.25, 0.3) is 21.8 Å². The molecule has 0 bridgehead atoms. The van der Waals surface area contributed by atoms with Gasteiger partial charge in [0.05, 0.1) is 49.5 Å². The molecule has 4 aromatic carbocycles. The Labute approximate surface area is 392 Å². The van der Waals surface area contributed by atoms with E-state index in [-0.39, 0.29) is 12.1 Å². The van der Waals surface area contributed by atoms with Gasteiger partial charge in [-0.25, -0.2) is 9.97 Å². The third-order valence-electron chi connectivity index (χ3n) is 12.5. The number of piperidine rings is 2. The number of hydrogen-bond donors (Lipinski definition) is 0. The van der Waals surface area contributed by atoms with Gasteiger partial charge in [-0.3, -0.25) is 19.8 Å². The van der Waals surface area contributed by atoms with Gasteiger partial charge >= 0.3 is 0 Å². The highest BCUT2D eigenvalue weighted by Gasteiger charge is 2.37. The number of para-hydroxylation sites is 2. The zero-order valence-electron chi connectivity index (χ0n) is 38.2. The van der Waals surface area contributed by atoms with Gasteiger partial charge in [0.15, 0.2) is 0 Å². The molecule has 0 amide bonds. The fourth-order valence-corrected chi connectivity index (χ4v) is 10.2. The maximum atomic E-state index is 6.71. The predicted octanol–water partition coefficient (Wildman–Crippen LogP) is 12.0. The van der Waals surface area contributed by atoms with Crippen molar-refractivity contribution in [1.82, 2.24) is 19.8 Å². The summed E-state index contributed by atoms with van der Waals surface area (Å²) in [4.78, 5) is 16.1. The molecule has 2 saturated heterocycles. The molecule has 4 heterocycles. The molecule has 6 aromatic rings. The van der Waals surface area contributed by atoms with E-state index in [4.69, 9.17) is 40.5 Å². The van der Waals surface area contributed by atoms with Gasteiger partial charge in [-0.1, -0.05) is 48.0 Å². The molecule has 2 aromatic heterocycles. The summed E-state index contributed by atoms with van der Waals surface area (Å²) in [5.74, 6) is 4.92. The first-order valence-electron chi connectivity index (χ1n) is 23.1. The van der Waals surface area contributed by atoms with Gasteiger partial charge in [-0.2, -0.15) is 0 Å². The van der Waals surface area contributed by atoms with Gasteiger partial charge in [0.25, 0.3) is 0 Å². The fraction of sp³-hybridized carbons (Fsp3) is 0.423. The Morgan fingerprint density at radius 2 is 0.922 bits per heavy atom. The zero-order valence-corrected chi connectivity index (χ0v) is 40.6. The van der Waals surface area contributed by atoms with Crippen LogP contribution in [0.1, 0.15) is 75.6 Å². The molecule has 2 aliphatic rings. The van der Waals surface area contributed by atoms with E-state index in [2.05, 4.69) is 135 Å². The molecule has 0 saturated carbocycles. The third kappa shape index (κ3) is 10.2. The second-order valence-corrected chi connectivity index (χ2v) is 18.0. The van der Waals surface area contributed by atoms with E-state index in [1.807, 2.05) is 27.7 Å². The van der Waals surface area contributed by atoms with Crippen LogP contribution in [0.2, 0.25) is 5.02 Å². The van der Waals surface area contributed by atoms with Crippen LogP contribution < -0.4 is 29.0 Å². The van der Waals surface area contributed by atoms with E-state index in [1.54, 1.807) is 0 Å². The lowest BCUT2D eigenvalue weighted by Crippen LogP contribution is -2.59. The van der Waals surface area contributed by atoms with E-state index in [0.29, 0.717) is 42.9 Å². The first kappa shape index (κ1) is 45.7. The largest absolute Gasteiger partial charge is 0.493 e. The summed E-state index contributed by atoms with van der Waals surface area (Å²) in [5.41, 5.74) is 6.75. The first-order chi connectivity index (χ1) is 31.2. The number of ether oxygens (including phenoxy) is 4. The Balaban J connectivity index is 1.13. The Kier molecular flexibility index (Phi) is 15.0. The zero-order chi connectivity index (χ0) is 44.7. The van der Waals surface area contributed by atoms with Crippen molar-refractivity contribution in [2.24, 2.45) is 0 Å². The normalized spacial score (nSPS) is 15.4. The fourth-order valence-electron chi connectivity index (χ4n) is 9.48. The van der Waals surface area contributed by atoms with Crippen LogP contribution in [-0.2, 0) is 13.1 Å². The number of hydrogen-bond acceptors (Lipinski definition) is 10. The maximum Gasteiger partial charge on any atom is 0.148 e. The molecule has 64 heavy (non-hydrogen) atoms.